The Labute approximate surface area is 196 Å². The van der Waals surface area contributed by atoms with Crippen LogP contribution < -0.4 is 5.73 Å². The Morgan fingerprint density at radius 2 is 1.80 bits per heavy atom. The van der Waals surface area contributed by atoms with Gasteiger partial charge in [-0.3, -0.25) is 9.48 Å². The molecule has 1 fully saturated rings. The number of halogens is 5. The molecule has 0 spiro atoms. The highest BCUT2D eigenvalue weighted by Gasteiger charge is 2.65. The number of hydrogen-bond donors (Lipinski definition) is 1. The minimum atomic E-state index is -9.80. The Bertz CT molecular complexity index is 1490. The molecule has 35 heavy (non-hydrogen) atoms. The summed E-state index contributed by atoms with van der Waals surface area (Å²) < 4.78 is 72.6. The van der Waals surface area contributed by atoms with Crippen LogP contribution in [-0.4, -0.2) is 45.3 Å². The molecule has 1 aliphatic rings. The number of carbonyl (C=O) groups excluding carboxylic acids is 1. The van der Waals surface area contributed by atoms with Crippen molar-refractivity contribution >= 4 is 43.8 Å². The molecule has 0 bridgehead atoms. The molecule has 4 aromatic rings. The van der Waals surface area contributed by atoms with E-state index in [4.69, 9.17) is 10.5 Å². The van der Waals surface area contributed by atoms with Crippen molar-refractivity contribution in [3.8, 4) is 0 Å². The van der Waals surface area contributed by atoms with Gasteiger partial charge in [0.25, 0.3) is 5.91 Å². The molecule has 7 nitrogen and oxygen atoms in total. The average Bonchev–Trinajstić information content (AvgIpc) is 3.20. The van der Waals surface area contributed by atoms with Gasteiger partial charge in [0.15, 0.2) is 0 Å². The zero-order valence-corrected chi connectivity index (χ0v) is 19.1. The third kappa shape index (κ3) is 4.14. The average molecular weight is 513 g/mol. The second-order valence-electron chi connectivity index (χ2n) is 8.39. The molecule has 0 radical (unpaired) electrons. The molecule has 0 unspecified atom stereocenters. The molecule has 5 rings (SSSR count). The van der Waals surface area contributed by atoms with Gasteiger partial charge in [0.05, 0.1) is 41.9 Å². The third-order valence-electron chi connectivity index (χ3n) is 6.05. The number of aryl methyl sites for hydroxylation is 1. The molecule has 2 N–H and O–H groups in total. The summed E-state index contributed by atoms with van der Waals surface area (Å²) in [6.07, 6.45) is 1.58. The molecular weight excluding hydrogens is 493 g/mol. The van der Waals surface area contributed by atoms with Crippen LogP contribution in [0.2, 0.25) is 0 Å². The van der Waals surface area contributed by atoms with E-state index >= 15 is 0 Å². The number of morpholine rings is 1. The van der Waals surface area contributed by atoms with Crippen LogP contribution in [0.25, 0.3) is 21.8 Å². The van der Waals surface area contributed by atoms with E-state index in [-0.39, 0.29) is 31.2 Å². The van der Waals surface area contributed by atoms with Gasteiger partial charge in [0.1, 0.15) is 10.7 Å². The van der Waals surface area contributed by atoms with Gasteiger partial charge in [0.2, 0.25) is 0 Å². The second kappa shape index (κ2) is 7.04. The number of pyridine rings is 1. The van der Waals surface area contributed by atoms with Gasteiger partial charge >= 0.3 is 10.2 Å². The number of benzene rings is 2. The van der Waals surface area contributed by atoms with Crippen LogP contribution in [0.4, 0.5) is 25.2 Å². The van der Waals surface area contributed by atoms with Crippen LogP contribution >= 0.6 is 10.2 Å². The van der Waals surface area contributed by atoms with Crippen molar-refractivity contribution in [2.24, 2.45) is 7.05 Å². The van der Waals surface area contributed by atoms with E-state index in [0.29, 0.717) is 45.3 Å². The monoisotopic (exact) mass is 513 g/mol. The Kier molecular flexibility index (Phi) is 4.69. The highest BCUT2D eigenvalue weighted by molar-refractivity contribution is 8.45. The summed E-state index contributed by atoms with van der Waals surface area (Å²) in [4.78, 5) is 17.3. The van der Waals surface area contributed by atoms with Crippen molar-refractivity contribution in [1.29, 1.82) is 0 Å². The van der Waals surface area contributed by atoms with E-state index in [1.807, 2.05) is 0 Å². The largest absolute Gasteiger partial charge is 0.383 e. The van der Waals surface area contributed by atoms with Crippen molar-refractivity contribution in [2.75, 3.05) is 25.5 Å². The summed E-state index contributed by atoms with van der Waals surface area (Å²) in [6.45, 7) is 0.411. The molecule has 1 atom stereocenters. The molecule has 1 aliphatic heterocycles. The van der Waals surface area contributed by atoms with Crippen molar-refractivity contribution in [3.05, 3.63) is 59.8 Å². The molecule has 1 saturated heterocycles. The molecule has 2 aromatic carbocycles. The molecule has 3 heterocycles. The number of rotatable bonds is 3. The standard InChI is InChI=1S/C22H20F5N5O2S/c1-31-20-16-10-14(4-7-18(16)30-21(28)17(20)11-29-31)22(33)32-8-9-34-12-19(32)13-2-5-15(6-3-13)35(23,24,25,26)27/h2-7,10-11,19H,8-9,12H2,1H3,(H2,28,30)/t19-/m1/s1. The Morgan fingerprint density at radius 1 is 1.09 bits per heavy atom. The van der Waals surface area contributed by atoms with Crippen molar-refractivity contribution in [1.82, 2.24) is 19.7 Å². The third-order valence-corrected chi connectivity index (χ3v) is 7.22. The fraction of sp³-hybridized carbons (Fsp3) is 0.227. The minimum absolute atomic E-state index is 0.0130. The predicted octanol–water partition coefficient (Wildman–Crippen LogP) is 5.57. The van der Waals surface area contributed by atoms with Gasteiger partial charge in [-0.2, -0.15) is 5.10 Å². The summed E-state index contributed by atoms with van der Waals surface area (Å²) in [5, 5.41) is 5.51. The summed E-state index contributed by atoms with van der Waals surface area (Å²) in [5.74, 6) is -0.0768. The van der Waals surface area contributed by atoms with E-state index in [1.165, 1.54) is 4.90 Å². The lowest BCUT2D eigenvalue weighted by molar-refractivity contribution is -0.00270. The predicted molar refractivity (Wildman–Crippen MR) is 123 cm³/mol. The number of nitrogens with two attached hydrogens (primary N) is 1. The number of anilines is 1. The van der Waals surface area contributed by atoms with Gasteiger partial charge in [-0.05, 0) is 35.9 Å². The van der Waals surface area contributed by atoms with Gasteiger partial charge < -0.3 is 15.4 Å². The highest BCUT2D eigenvalue weighted by atomic mass is 32.5. The zero-order valence-electron chi connectivity index (χ0n) is 18.3. The Morgan fingerprint density at radius 3 is 2.49 bits per heavy atom. The lowest BCUT2D eigenvalue weighted by Gasteiger charge is -2.41. The number of amides is 1. The number of ether oxygens (including phenoxy) is 1. The first-order valence-electron chi connectivity index (χ1n) is 10.5. The number of aromatic nitrogens is 3. The zero-order chi connectivity index (χ0) is 25.2. The number of fused-ring (bicyclic) bond motifs is 3. The maximum Gasteiger partial charge on any atom is 0.310 e. The molecule has 1 amide bonds. The van der Waals surface area contributed by atoms with Crippen LogP contribution in [0.5, 0.6) is 0 Å². The Balaban J connectivity index is 1.52. The van der Waals surface area contributed by atoms with Gasteiger partial charge in [-0.1, -0.05) is 31.6 Å². The molecule has 0 saturated carbocycles. The number of carbonyl (C=O) groups is 1. The maximum atomic E-state index is 13.5. The lowest BCUT2D eigenvalue weighted by Crippen LogP contribution is -2.43. The number of nitrogens with zero attached hydrogens (tertiary/aromatic N) is 4. The van der Waals surface area contributed by atoms with Crippen LogP contribution in [0, 0.1) is 0 Å². The van der Waals surface area contributed by atoms with E-state index < -0.39 is 21.2 Å². The second-order valence-corrected chi connectivity index (χ2v) is 10.8. The topological polar surface area (TPSA) is 86.3 Å². The summed E-state index contributed by atoms with van der Waals surface area (Å²) in [7, 11) is -8.06. The first-order chi connectivity index (χ1) is 16.2. The van der Waals surface area contributed by atoms with E-state index in [2.05, 4.69) is 10.1 Å². The van der Waals surface area contributed by atoms with Crippen molar-refractivity contribution in [2.45, 2.75) is 10.9 Å². The Hall–Kier alpha value is -3.45. The smallest absolute Gasteiger partial charge is 0.310 e. The summed E-state index contributed by atoms with van der Waals surface area (Å²) in [6, 6.07) is 6.77. The van der Waals surface area contributed by atoms with E-state index in [0.717, 1.165) is 12.1 Å². The maximum absolute atomic E-state index is 13.5. The molecule has 13 heteroatoms. The van der Waals surface area contributed by atoms with E-state index in [9.17, 15) is 24.2 Å². The van der Waals surface area contributed by atoms with Crippen molar-refractivity contribution in [3.63, 3.8) is 0 Å². The first-order valence-corrected chi connectivity index (χ1v) is 12.4. The van der Waals surface area contributed by atoms with Crippen LogP contribution in [0.3, 0.4) is 0 Å². The molecule has 0 aliphatic carbocycles. The lowest BCUT2D eigenvalue weighted by atomic mass is 10.0. The van der Waals surface area contributed by atoms with Crippen LogP contribution in [-0.2, 0) is 11.8 Å². The van der Waals surface area contributed by atoms with Crippen LogP contribution in [0.1, 0.15) is 22.0 Å². The number of hydrogen-bond acceptors (Lipinski definition) is 5. The van der Waals surface area contributed by atoms with Gasteiger partial charge in [0, 0.05) is 24.5 Å². The fourth-order valence-electron chi connectivity index (χ4n) is 4.33. The first kappa shape index (κ1) is 23.3. The summed E-state index contributed by atoms with van der Waals surface area (Å²) in [5.41, 5.74) is 7.87. The SMILES string of the molecule is Cn1ncc2c(N)nc3ccc(C(=O)N4CCOC[C@@H]4c4ccc(S(F)(F)(F)(F)F)cc4)cc3c21. The van der Waals surface area contributed by atoms with Gasteiger partial charge in [-0.25, -0.2) is 4.98 Å². The number of nitrogen functional groups attached to an aromatic ring is 1. The van der Waals surface area contributed by atoms with Gasteiger partial charge in [-0.15, -0.1) is 0 Å². The van der Waals surface area contributed by atoms with E-state index in [1.54, 1.807) is 36.1 Å². The molecular formula is C22H20F5N5O2S. The minimum Gasteiger partial charge on any atom is -0.383 e. The molecule has 2 aromatic heterocycles. The highest BCUT2D eigenvalue weighted by Crippen LogP contribution is 3.02. The normalized spacial score (nSPS) is 19.0. The fourth-order valence-corrected chi connectivity index (χ4v) is 4.98. The van der Waals surface area contributed by atoms with Crippen molar-refractivity contribution < 1.29 is 29.0 Å². The summed E-state index contributed by atoms with van der Waals surface area (Å²) >= 11 is 0. The van der Waals surface area contributed by atoms with Crippen LogP contribution in [0.15, 0.2) is 53.6 Å². The molecule has 186 valence electrons. The quantitative estimate of drug-likeness (QED) is 0.362.